The number of carbonyl (C=O) groups excluding carboxylic acids is 1. The molecular formula is C20H22O4. The van der Waals surface area contributed by atoms with Crippen LogP contribution in [0, 0.1) is 32.6 Å². The van der Waals surface area contributed by atoms with E-state index in [9.17, 15) is 15.0 Å². The molecule has 0 spiro atoms. The van der Waals surface area contributed by atoms with E-state index in [1.807, 2.05) is 45.1 Å². The lowest BCUT2D eigenvalue weighted by molar-refractivity contribution is -0.118. The molecule has 24 heavy (non-hydrogen) atoms. The number of aliphatic hydroxyl groups is 2. The first-order valence-electron chi connectivity index (χ1n) is 8.38. The molecule has 2 aliphatic heterocycles. The predicted octanol–water partition coefficient (Wildman–Crippen LogP) is 2.78. The first kappa shape index (κ1) is 15.6. The number of hydrogen-bond donors (Lipinski definition) is 2. The summed E-state index contributed by atoms with van der Waals surface area (Å²) in [4.78, 5) is 13.1. The maximum Gasteiger partial charge on any atom is 0.173 e. The third-order valence-electron chi connectivity index (χ3n) is 5.77. The molecule has 1 fully saturated rings. The molecule has 1 unspecified atom stereocenters. The van der Waals surface area contributed by atoms with Gasteiger partial charge >= 0.3 is 0 Å². The SMILES string of the molecule is Cc1cc(C)c(C2=C(O)[C@H]3[C@@H](C2=O)[C@@H]2C=C[C@@]3(C(C)O)O2)c(C)c1. The molecule has 0 amide bonds. The number of Topliss-reactive ketones (excluding diaryl/α,β-unsaturated/α-hetero) is 1. The van der Waals surface area contributed by atoms with Gasteiger partial charge < -0.3 is 14.9 Å². The molecule has 3 aliphatic rings. The van der Waals surface area contributed by atoms with Crippen LogP contribution in [0.15, 0.2) is 30.0 Å². The lowest BCUT2D eigenvalue weighted by Gasteiger charge is -2.32. The third kappa shape index (κ3) is 1.73. The number of aryl methyl sites for hydroxylation is 3. The van der Waals surface area contributed by atoms with E-state index in [-0.39, 0.29) is 17.6 Å². The smallest absolute Gasteiger partial charge is 0.173 e. The van der Waals surface area contributed by atoms with Crippen molar-refractivity contribution in [1.29, 1.82) is 0 Å². The lowest BCUT2D eigenvalue weighted by atomic mass is 9.74. The van der Waals surface area contributed by atoms with Crippen molar-refractivity contribution in [2.75, 3.05) is 0 Å². The zero-order valence-electron chi connectivity index (χ0n) is 14.3. The summed E-state index contributed by atoms with van der Waals surface area (Å²) < 4.78 is 5.92. The zero-order chi connectivity index (χ0) is 17.4. The number of rotatable bonds is 2. The highest BCUT2D eigenvalue weighted by atomic mass is 16.5. The zero-order valence-corrected chi connectivity index (χ0v) is 14.3. The summed E-state index contributed by atoms with van der Waals surface area (Å²) in [6.07, 6.45) is 2.48. The van der Waals surface area contributed by atoms with Crippen LogP contribution >= 0.6 is 0 Å². The van der Waals surface area contributed by atoms with Crippen LogP contribution in [0.2, 0.25) is 0 Å². The monoisotopic (exact) mass is 326 g/mol. The summed E-state index contributed by atoms with van der Waals surface area (Å²) in [5.74, 6) is -0.966. The Balaban J connectivity index is 1.91. The Morgan fingerprint density at radius 1 is 1.21 bits per heavy atom. The minimum absolute atomic E-state index is 0.0628. The Morgan fingerprint density at radius 3 is 2.42 bits per heavy atom. The fraction of sp³-hybridized carbons (Fsp3) is 0.450. The van der Waals surface area contributed by atoms with Crippen molar-refractivity contribution in [3.63, 3.8) is 0 Å². The van der Waals surface area contributed by atoms with Gasteiger partial charge in [-0.15, -0.1) is 0 Å². The van der Waals surface area contributed by atoms with Crippen molar-refractivity contribution in [2.24, 2.45) is 11.8 Å². The van der Waals surface area contributed by atoms with Crippen LogP contribution in [0.4, 0.5) is 0 Å². The number of allylic oxidation sites excluding steroid dienone is 1. The fourth-order valence-corrected chi connectivity index (χ4v) is 4.86. The summed E-state index contributed by atoms with van der Waals surface area (Å²) in [6, 6.07) is 4.05. The summed E-state index contributed by atoms with van der Waals surface area (Å²) in [5.41, 5.74) is 3.32. The number of ketones is 1. The van der Waals surface area contributed by atoms with E-state index < -0.39 is 23.5 Å². The minimum atomic E-state index is -0.997. The first-order valence-corrected chi connectivity index (χ1v) is 8.38. The van der Waals surface area contributed by atoms with Crippen LogP contribution in [0.25, 0.3) is 5.57 Å². The van der Waals surface area contributed by atoms with Crippen LogP contribution in [0.1, 0.15) is 29.2 Å². The van der Waals surface area contributed by atoms with E-state index in [2.05, 4.69) is 0 Å². The largest absolute Gasteiger partial charge is 0.511 e. The Bertz CT molecular complexity index is 794. The molecule has 0 saturated carbocycles. The average molecular weight is 326 g/mol. The number of ether oxygens (including phenoxy) is 1. The van der Waals surface area contributed by atoms with Crippen molar-refractivity contribution < 1.29 is 19.7 Å². The number of fused-ring (bicyclic) bond motifs is 5. The van der Waals surface area contributed by atoms with Crippen LogP contribution in [-0.2, 0) is 9.53 Å². The summed E-state index contributed by atoms with van der Waals surface area (Å²) in [7, 11) is 0. The number of aliphatic hydroxyl groups excluding tert-OH is 2. The van der Waals surface area contributed by atoms with E-state index in [1.54, 1.807) is 6.92 Å². The molecule has 2 heterocycles. The normalized spacial score (nSPS) is 35.0. The van der Waals surface area contributed by atoms with Crippen molar-refractivity contribution >= 4 is 11.4 Å². The molecule has 0 aromatic heterocycles. The van der Waals surface area contributed by atoms with Gasteiger partial charge in [0.15, 0.2) is 5.78 Å². The Labute approximate surface area is 141 Å². The molecule has 2 N–H and O–H groups in total. The Hall–Kier alpha value is -1.91. The third-order valence-corrected chi connectivity index (χ3v) is 5.77. The molecule has 1 aromatic rings. The molecule has 2 bridgehead atoms. The van der Waals surface area contributed by atoms with Gasteiger partial charge in [-0.05, 0) is 44.4 Å². The summed E-state index contributed by atoms with van der Waals surface area (Å²) in [6.45, 7) is 7.59. The van der Waals surface area contributed by atoms with E-state index in [0.717, 1.165) is 22.3 Å². The van der Waals surface area contributed by atoms with Gasteiger partial charge in [-0.25, -0.2) is 0 Å². The molecule has 4 rings (SSSR count). The molecule has 4 heteroatoms. The van der Waals surface area contributed by atoms with Gasteiger partial charge in [0, 0.05) is 0 Å². The Kier molecular flexibility index (Phi) is 3.12. The number of carbonyl (C=O) groups is 1. The van der Waals surface area contributed by atoms with Gasteiger partial charge in [0.2, 0.25) is 0 Å². The Morgan fingerprint density at radius 2 is 1.83 bits per heavy atom. The molecular weight excluding hydrogens is 304 g/mol. The fourth-order valence-electron chi connectivity index (χ4n) is 4.86. The van der Waals surface area contributed by atoms with Gasteiger partial charge in [-0.1, -0.05) is 29.8 Å². The lowest BCUT2D eigenvalue weighted by Crippen LogP contribution is -2.45. The topological polar surface area (TPSA) is 66.8 Å². The first-order chi connectivity index (χ1) is 11.3. The van der Waals surface area contributed by atoms with Gasteiger partial charge in [-0.2, -0.15) is 0 Å². The van der Waals surface area contributed by atoms with Crippen LogP contribution < -0.4 is 0 Å². The minimum Gasteiger partial charge on any atom is -0.511 e. The second kappa shape index (κ2) is 4.80. The maximum atomic E-state index is 13.1. The van der Waals surface area contributed by atoms with Gasteiger partial charge in [-0.3, -0.25) is 4.79 Å². The molecule has 5 atom stereocenters. The standard InChI is InChI=1S/C20H22O4/c1-9-7-10(2)14(11(3)8-9)16-18(22)15-13-5-6-20(24-13,12(4)21)17(15)19(16)23/h5-8,12-13,15,17,21,23H,1-4H3/t12?,13-,15-,17+,20-/m0/s1. The van der Waals surface area contributed by atoms with Crippen LogP contribution in [-0.4, -0.2) is 33.8 Å². The molecule has 1 aliphatic carbocycles. The highest BCUT2D eigenvalue weighted by Crippen LogP contribution is 2.57. The number of hydrogen-bond acceptors (Lipinski definition) is 4. The van der Waals surface area contributed by atoms with E-state index in [0.29, 0.717) is 5.57 Å². The molecule has 0 radical (unpaired) electrons. The van der Waals surface area contributed by atoms with Crippen LogP contribution in [0.5, 0.6) is 0 Å². The van der Waals surface area contributed by atoms with Gasteiger partial charge in [0.25, 0.3) is 0 Å². The second-order valence-electron chi connectivity index (χ2n) is 7.37. The highest BCUT2D eigenvalue weighted by molar-refractivity contribution is 6.26. The van der Waals surface area contributed by atoms with Crippen molar-refractivity contribution in [1.82, 2.24) is 0 Å². The van der Waals surface area contributed by atoms with Crippen molar-refractivity contribution in [2.45, 2.75) is 45.5 Å². The van der Waals surface area contributed by atoms with Crippen molar-refractivity contribution in [3.8, 4) is 0 Å². The summed E-state index contributed by atoms with van der Waals surface area (Å²) in [5, 5.41) is 21.2. The molecule has 1 saturated heterocycles. The van der Waals surface area contributed by atoms with E-state index in [1.165, 1.54) is 0 Å². The van der Waals surface area contributed by atoms with E-state index in [4.69, 9.17) is 4.74 Å². The van der Waals surface area contributed by atoms with Gasteiger partial charge in [0.05, 0.1) is 29.6 Å². The van der Waals surface area contributed by atoms with Crippen molar-refractivity contribution in [3.05, 3.63) is 52.3 Å². The number of benzene rings is 1. The summed E-state index contributed by atoms with van der Waals surface area (Å²) >= 11 is 0. The molecule has 126 valence electrons. The predicted molar refractivity (Wildman–Crippen MR) is 90.6 cm³/mol. The maximum absolute atomic E-state index is 13.1. The van der Waals surface area contributed by atoms with Gasteiger partial charge in [0.1, 0.15) is 11.4 Å². The second-order valence-corrected chi connectivity index (χ2v) is 7.37. The molecule has 1 aromatic carbocycles. The molecule has 4 nitrogen and oxygen atoms in total. The van der Waals surface area contributed by atoms with Crippen LogP contribution in [0.3, 0.4) is 0 Å². The highest BCUT2D eigenvalue weighted by Gasteiger charge is 2.66. The quantitative estimate of drug-likeness (QED) is 0.820. The van der Waals surface area contributed by atoms with E-state index >= 15 is 0 Å². The average Bonchev–Trinajstić information content (AvgIpc) is 3.13.